The van der Waals surface area contributed by atoms with Gasteiger partial charge in [-0.25, -0.2) is 0 Å². The van der Waals surface area contributed by atoms with Crippen molar-refractivity contribution in [3.05, 3.63) is 29.8 Å². The van der Waals surface area contributed by atoms with Crippen molar-refractivity contribution in [3.63, 3.8) is 0 Å². The summed E-state index contributed by atoms with van der Waals surface area (Å²) in [5.41, 5.74) is 2.25. The molecular formula is C18H29Cl2N3O. The zero-order valence-electron chi connectivity index (χ0n) is 14.1. The van der Waals surface area contributed by atoms with Crippen LogP contribution in [0.4, 0.5) is 5.69 Å². The lowest BCUT2D eigenvalue weighted by molar-refractivity contribution is -0.117. The molecule has 1 amide bonds. The van der Waals surface area contributed by atoms with Crippen LogP contribution in [0.2, 0.25) is 0 Å². The van der Waals surface area contributed by atoms with Crippen molar-refractivity contribution < 1.29 is 4.79 Å². The number of hydrogen-bond donors (Lipinski definition) is 2. The van der Waals surface area contributed by atoms with Gasteiger partial charge in [-0.15, -0.1) is 24.8 Å². The highest BCUT2D eigenvalue weighted by Gasteiger charge is 2.21. The van der Waals surface area contributed by atoms with E-state index in [0.717, 1.165) is 38.0 Å². The predicted octanol–water partition coefficient (Wildman–Crippen LogP) is 3.25. The normalized spacial score (nSPS) is 20.8. The van der Waals surface area contributed by atoms with Gasteiger partial charge in [0.15, 0.2) is 0 Å². The highest BCUT2D eigenvalue weighted by Crippen LogP contribution is 2.14. The van der Waals surface area contributed by atoms with E-state index in [1.165, 1.54) is 37.9 Å². The maximum atomic E-state index is 12.1. The number of rotatable bonds is 5. The largest absolute Gasteiger partial charge is 0.325 e. The third-order valence-corrected chi connectivity index (χ3v) is 4.76. The van der Waals surface area contributed by atoms with Crippen LogP contribution in [0, 0.1) is 0 Å². The molecule has 0 saturated carbocycles. The maximum absolute atomic E-state index is 12.1. The second-order valence-electron chi connectivity index (χ2n) is 6.49. The molecule has 2 aliphatic heterocycles. The van der Waals surface area contributed by atoms with Gasteiger partial charge in [-0.3, -0.25) is 4.79 Å². The van der Waals surface area contributed by atoms with Crippen LogP contribution in [0.25, 0.3) is 0 Å². The average molecular weight is 374 g/mol. The van der Waals surface area contributed by atoms with E-state index in [4.69, 9.17) is 0 Å². The molecule has 0 aliphatic carbocycles. The maximum Gasteiger partial charge on any atom is 0.241 e. The van der Waals surface area contributed by atoms with Crippen molar-refractivity contribution in [1.82, 2.24) is 10.2 Å². The van der Waals surface area contributed by atoms with Crippen molar-refractivity contribution in [2.45, 2.75) is 44.6 Å². The number of carbonyl (C=O) groups excluding carboxylic acids is 1. The van der Waals surface area contributed by atoms with Gasteiger partial charge in [-0.05, 0) is 69.4 Å². The molecule has 1 unspecified atom stereocenters. The Morgan fingerprint density at radius 3 is 2.42 bits per heavy atom. The van der Waals surface area contributed by atoms with Crippen LogP contribution < -0.4 is 10.6 Å². The first-order valence-corrected chi connectivity index (χ1v) is 8.67. The number of amides is 1. The number of benzene rings is 1. The molecule has 3 rings (SSSR count). The summed E-state index contributed by atoms with van der Waals surface area (Å²) in [6, 6.07) is 8.32. The van der Waals surface area contributed by atoms with Gasteiger partial charge in [-0.2, -0.15) is 0 Å². The zero-order valence-corrected chi connectivity index (χ0v) is 15.8. The Kier molecular flexibility index (Phi) is 9.67. The molecule has 24 heavy (non-hydrogen) atoms. The molecule has 2 saturated heterocycles. The quantitative estimate of drug-likeness (QED) is 0.832. The Bertz CT molecular complexity index is 484. The molecule has 2 heterocycles. The van der Waals surface area contributed by atoms with Gasteiger partial charge in [0, 0.05) is 12.2 Å². The van der Waals surface area contributed by atoms with Crippen LogP contribution in [0.3, 0.4) is 0 Å². The van der Waals surface area contributed by atoms with E-state index in [1.807, 2.05) is 12.1 Å². The van der Waals surface area contributed by atoms with Gasteiger partial charge in [0.25, 0.3) is 0 Å². The van der Waals surface area contributed by atoms with Crippen molar-refractivity contribution in [2.75, 3.05) is 31.5 Å². The summed E-state index contributed by atoms with van der Waals surface area (Å²) in [6.45, 7) is 4.61. The highest BCUT2D eigenvalue weighted by atomic mass is 35.5. The van der Waals surface area contributed by atoms with Crippen molar-refractivity contribution >= 4 is 36.4 Å². The molecule has 0 radical (unpaired) electrons. The first kappa shape index (κ1) is 21.2. The molecule has 0 aromatic heterocycles. The van der Waals surface area contributed by atoms with Gasteiger partial charge < -0.3 is 15.5 Å². The fourth-order valence-electron chi connectivity index (χ4n) is 3.36. The minimum Gasteiger partial charge on any atom is -0.325 e. The number of carbonyl (C=O) groups is 1. The molecule has 136 valence electrons. The van der Waals surface area contributed by atoms with E-state index >= 15 is 0 Å². The first-order chi connectivity index (χ1) is 10.8. The lowest BCUT2D eigenvalue weighted by Gasteiger charge is -2.26. The zero-order chi connectivity index (χ0) is 15.2. The summed E-state index contributed by atoms with van der Waals surface area (Å²) in [7, 11) is 0. The summed E-state index contributed by atoms with van der Waals surface area (Å²) in [6.07, 6.45) is 7.22. The summed E-state index contributed by atoms with van der Waals surface area (Å²) < 4.78 is 0. The molecule has 2 N–H and O–H groups in total. The third-order valence-electron chi connectivity index (χ3n) is 4.76. The Labute approximate surface area is 157 Å². The average Bonchev–Trinajstić information content (AvgIpc) is 3.10. The number of likely N-dealkylation sites (tertiary alicyclic amines) is 1. The molecular weight excluding hydrogens is 345 g/mol. The fourth-order valence-corrected chi connectivity index (χ4v) is 3.36. The molecule has 0 bridgehead atoms. The Hall–Kier alpha value is -0.810. The molecule has 2 aliphatic rings. The molecule has 2 fully saturated rings. The van der Waals surface area contributed by atoms with Crippen LogP contribution in [0.1, 0.15) is 37.7 Å². The van der Waals surface area contributed by atoms with Crippen LogP contribution in [-0.4, -0.2) is 43.0 Å². The molecule has 1 aromatic carbocycles. The monoisotopic (exact) mass is 373 g/mol. The summed E-state index contributed by atoms with van der Waals surface area (Å²) in [4.78, 5) is 14.6. The number of anilines is 1. The Morgan fingerprint density at radius 2 is 1.79 bits per heavy atom. The molecule has 1 atom stereocenters. The first-order valence-electron chi connectivity index (χ1n) is 8.67. The van der Waals surface area contributed by atoms with Gasteiger partial charge in [0.05, 0.1) is 6.04 Å². The number of hydrogen-bond acceptors (Lipinski definition) is 3. The highest BCUT2D eigenvalue weighted by molar-refractivity contribution is 5.95. The summed E-state index contributed by atoms with van der Waals surface area (Å²) in [5.74, 6) is 0.0959. The fraction of sp³-hybridized carbons (Fsp3) is 0.611. The number of halogens is 2. The SMILES string of the molecule is Cl.Cl.O=C(Nc1ccc(CCN2CCCCC2)cc1)C1CCCN1. The van der Waals surface area contributed by atoms with E-state index < -0.39 is 0 Å². The standard InChI is InChI=1S/C18H27N3O.2ClH/c22-18(17-5-4-11-19-17)20-16-8-6-15(7-9-16)10-14-21-12-2-1-3-13-21;;/h6-9,17,19H,1-5,10-14H2,(H,20,22);2*1H. The third kappa shape index (κ3) is 6.25. The smallest absolute Gasteiger partial charge is 0.241 e. The number of piperidine rings is 1. The lowest BCUT2D eigenvalue weighted by Crippen LogP contribution is -2.35. The van der Waals surface area contributed by atoms with Crippen LogP contribution >= 0.6 is 24.8 Å². The molecule has 1 aromatic rings. The number of nitrogens with zero attached hydrogens (tertiary/aromatic N) is 1. The van der Waals surface area contributed by atoms with E-state index in [-0.39, 0.29) is 36.8 Å². The topological polar surface area (TPSA) is 44.4 Å². The molecule has 6 heteroatoms. The molecule has 0 spiro atoms. The molecule has 4 nitrogen and oxygen atoms in total. The second kappa shape index (κ2) is 10.9. The van der Waals surface area contributed by atoms with Gasteiger partial charge in [0.1, 0.15) is 0 Å². The van der Waals surface area contributed by atoms with Crippen molar-refractivity contribution in [3.8, 4) is 0 Å². The summed E-state index contributed by atoms with van der Waals surface area (Å²) >= 11 is 0. The van der Waals surface area contributed by atoms with E-state index in [9.17, 15) is 4.79 Å². The van der Waals surface area contributed by atoms with Gasteiger partial charge in [-0.1, -0.05) is 18.6 Å². The van der Waals surface area contributed by atoms with Crippen molar-refractivity contribution in [2.24, 2.45) is 0 Å². The van der Waals surface area contributed by atoms with Crippen molar-refractivity contribution in [1.29, 1.82) is 0 Å². The predicted molar refractivity (Wildman–Crippen MR) is 105 cm³/mol. The Morgan fingerprint density at radius 1 is 1.08 bits per heavy atom. The van der Waals surface area contributed by atoms with Crippen LogP contribution in [0.5, 0.6) is 0 Å². The minimum atomic E-state index is -0.0150. The van der Waals surface area contributed by atoms with E-state index in [0.29, 0.717) is 0 Å². The minimum absolute atomic E-state index is 0. The van der Waals surface area contributed by atoms with Crippen LogP contribution in [0.15, 0.2) is 24.3 Å². The lowest BCUT2D eigenvalue weighted by atomic mass is 10.1. The van der Waals surface area contributed by atoms with E-state index in [1.54, 1.807) is 0 Å². The summed E-state index contributed by atoms with van der Waals surface area (Å²) in [5, 5.41) is 6.23. The second-order valence-corrected chi connectivity index (χ2v) is 6.49. The van der Waals surface area contributed by atoms with Gasteiger partial charge in [0.2, 0.25) is 5.91 Å². The van der Waals surface area contributed by atoms with E-state index in [2.05, 4.69) is 27.7 Å². The Balaban J connectivity index is 0.00000144. The number of nitrogens with one attached hydrogen (secondary N) is 2. The van der Waals surface area contributed by atoms with Crippen LogP contribution in [-0.2, 0) is 11.2 Å². The van der Waals surface area contributed by atoms with Gasteiger partial charge >= 0.3 is 0 Å².